The van der Waals surface area contributed by atoms with Crippen molar-refractivity contribution in [1.29, 1.82) is 0 Å². The minimum absolute atomic E-state index is 0.0740. The molecule has 0 aromatic carbocycles. The minimum Gasteiger partial charge on any atom is -0.462 e. The number of hydrogen-bond acceptors (Lipinski definition) is 6. The third-order valence-corrected chi connectivity index (χ3v) is 16.0. The number of carbonyl (C=O) groups excluding carboxylic acids is 3. The Kier molecular flexibility index (Phi) is 67.1. The maximum Gasteiger partial charge on any atom is 0.306 e. The average molecular weight is 1130 g/mol. The van der Waals surface area contributed by atoms with Gasteiger partial charge in [-0.15, -0.1) is 0 Å². The van der Waals surface area contributed by atoms with Crippen LogP contribution in [0.2, 0.25) is 0 Å². The summed E-state index contributed by atoms with van der Waals surface area (Å²) in [6, 6.07) is 0. The monoisotopic (exact) mass is 1130 g/mol. The third kappa shape index (κ3) is 67.8. The van der Waals surface area contributed by atoms with Crippen molar-refractivity contribution in [1.82, 2.24) is 0 Å². The van der Waals surface area contributed by atoms with Crippen LogP contribution in [-0.2, 0) is 28.6 Å². The van der Waals surface area contributed by atoms with Crippen molar-refractivity contribution in [2.24, 2.45) is 0 Å². The summed E-state index contributed by atoms with van der Waals surface area (Å²) in [6.45, 7) is 6.66. The highest BCUT2D eigenvalue weighted by molar-refractivity contribution is 5.71. The van der Waals surface area contributed by atoms with Crippen LogP contribution in [0.15, 0.2) is 60.8 Å². The fourth-order valence-corrected chi connectivity index (χ4v) is 10.6. The van der Waals surface area contributed by atoms with Gasteiger partial charge in [-0.25, -0.2) is 0 Å². The summed E-state index contributed by atoms with van der Waals surface area (Å²) < 4.78 is 17.0. The van der Waals surface area contributed by atoms with Crippen LogP contribution >= 0.6 is 0 Å². The lowest BCUT2D eigenvalue weighted by Gasteiger charge is -2.18. The Morgan fingerprint density at radius 1 is 0.247 bits per heavy atom. The van der Waals surface area contributed by atoms with E-state index < -0.39 is 6.10 Å². The van der Waals surface area contributed by atoms with E-state index in [0.29, 0.717) is 19.3 Å². The van der Waals surface area contributed by atoms with Crippen LogP contribution in [0.5, 0.6) is 0 Å². The Balaban J connectivity index is 4.32. The van der Waals surface area contributed by atoms with Gasteiger partial charge in [-0.2, -0.15) is 0 Å². The molecule has 0 saturated heterocycles. The largest absolute Gasteiger partial charge is 0.462 e. The molecule has 0 amide bonds. The molecule has 0 fully saturated rings. The Morgan fingerprint density at radius 3 is 0.716 bits per heavy atom. The Labute approximate surface area is 504 Å². The van der Waals surface area contributed by atoms with Gasteiger partial charge in [0.2, 0.25) is 0 Å². The third-order valence-electron chi connectivity index (χ3n) is 16.0. The Morgan fingerprint density at radius 2 is 0.444 bits per heavy atom. The number of unbranched alkanes of at least 4 members (excludes halogenated alkanes) is 45. The van der Waals surface area contributed by atoms with Gasteiger partial charge < -0.3 is 14.2 Å². The lowest BCUT2D eigenvalue weighted by atomic mass is 10.0. The molecule has 472 valence electrons. The van der Waals surface area contributed by atoms with E-state index in [4.69, 9.17) is 14.2 Å². The van der Waals surface area contributed by atoms with E-state index in [0.717, 1.165) is 70.6 Å². The van der Waals surface area contributed by atoms with E-state index in [2.05, 4.69) is 81.5 Å². The van der Waals surface area contributed by atoms with E-state index in [9.17, 15) is 14.4 Å². The van der Waals surface area contributed by atoms with Crippen LogP contribution in [0.4, 0.5) is 0 Å². The van der Waals surface area contributed by atoms with E-state index in [1.807, 2.05) is 0 Å². The highest BCUT2D eigenvalue weighted by Gasteiger charge is 2.19. The van der Waals surface area contributed by atoms with Crippen molar-refractivity contribution in [3.05, 3.63) is 60.8 Å². The molecule has 0 aliphatic rings. The molecule has 6 nitrogen and oxygen atoms in total. The van der Waals surface area contributed by atoms with Crippen LogP contribution in [0.3, 0.4) is 0 Å². The number of ether oxygens (including phenoxy) is 3. The van der Waals surface area contributed by atoms with Crippen molar-refractivity contribution in [2.75, 3.05) is 13.2 Å². The van der Waals surface area contributed by atoms with Gasteiger partial charge in [0.1, 0.15) is 13.2 Å². The maximum atomic E-state index is 13.0. The van der Waals surface area contributed by atoms with Crippen molar-refractivity contribution in [2.45, 2.75) is 386 Å². The van der Waals surface area contributed by atoms with Gasteiger partial charge in [-0.3, -0.25) is 14.4 Å². The zero-order valence-electron chi connectivity index (χ0n) is 54.3. The summed E-state index contributed by atoms with van der Waals surface area (Å²) in [6.07, 6.45) is 89.5. The molecule has 0 bridgehead atoms. The first-order chi connectivity index (χ1) is 40.0. The standard InChI is InChI=1S/C75H136O6/c1-4-7-10-13-16-19-22-25-28-31-34-35-36-37-38-39-42-44-47-50-53-56-59-62-65-68-74(77)80-71-72(81-75(78)69-66-63-60-57-54-51-48-45-41-33-30-27-24-21-18-15-12-9-6-3)70-79-73(76)67-64-61-58-55-52-49-46-43-40-32-29-26-23-20-17-14-11-8-5-2/h18,21-22,25-27,29-31,34,72H,4-17,19-20,23-24,28,32-33,35-71H2,1-3H3/b21-18-,25-22-,29-26-,30-27-,34-31-. The average Bonchev–Trinajstić information content (AvgIpc) is 3.47. The highest BCUT2D eigenvalue weighted by atomic mass is 16.6. The molecule has 0 rings (SSSR count). The zero-order valence-corrected chi connectivity index (χ0v) is 54.3. The van der Waals surface area contributed by atoms with E-state index in [1.165, 1.54) is 270 Å². The molecule has 0 heterocycles. The van der Waals surface area contributed by atoms with Gasteiger partial charge in [-0.05, 0) is 109 Å². The van der Waals surface area contributed by atoms with Crippen molar-refractivity contribution in [3.8, 4) is 0 Å². The summed E-state index contributed by atoms with van der Waals surface area (Å²) in [5.41, 5.74) is 0. The van der Waals surface area contributed by atoms with Crippen molar-refractivity contribution < 1.29 is 28.6 Å². The summed E-state index contributed by atoms with van der Waals surface area (Å²) >= 11 is 0. The van der Waals surface area contributed by atoms with Gasteiger partial charge >= 0.3 is 17.9 Å². The number of hydrogen-bond donors (Lipinski definition) is 0. The Hall–Kier alpha value is -2.89. The first-order valence-corrected chi connectivity index (χ1v) is 35.8. The van der Waals surface area contributed by atoms with Gasteiger partial charge in [0.05, 0.1) is 0 Å². The van der Waals surface area contributed by atoms with Crippen LogP contribution in [0.1, 0.15) is 380 Å². The molecule has 6 heteroatoms. The number of carbonyl (C=O) groups is 3. The first kappa shape index (κ1) is 78.1. The number of esters is 3. The normalized spacial score (nSPS) is 12.4. The molecule has 0 aliphatic carbocycles. The molecule has 0 saturated carbocycles. The fraction of sp³-hybridized carbons (Fsp3) is 0.827. The molecule has 1 atom stereocenters. The van der Waals surface area contributed by atoms with Gasteiger partial charge in [0.25, 0.3) is 0 Å². The van der Waals surface area contributed by atoms with Crippen LogP contribution in [0.25, 0.3) is 0 Å². The molecule has 0 aromatic rings. The molecule has 0 spiro atoms. The first-order valence-electron chi connectivity index (χ1n) is 35.8. The predicted octanol–water partition coefficient (Wildman–Crippen LogP) is 24.7. The molecule has 81 heavy (non-hydrogen) atoms. The maximum absolute atomic E-state index is 13.0. The van der Waals surface area contributed by atoms with E-state index in [-0.39, 0.29) is 31.1 Å². The molecular formula is C75H136O6. The number of rotatable bonds is 66. The molecular weight excluding hydrogens is 997 g/mol. The highest BCUT2D eigenvalue weighted by Crippen LogP contribution is 2.18. The lowest BCUT2D eigenvalue weighted by molar-refractivity contribution is -0.167. The molecule has 0 N–H and O–H groups in total. The molecule has 1 unspecified atom stereocenters. The minimum atomic E-state index is -0.779. The van der Waals surface area contributed by atoms with Crippen LogP contribution in [0, 0.1) is 0 Å². The van der Waals surface area contributed by atoms with E-state index in [1.54, 1.807) is 0 Å². The van der Waals surface area contributed by atoms with Crippen LogP contribution in [-0.4, -0.2) is 37.2 Å². The van der Waals surface area contributed by atoms with Gasteiger partial charge in [0.15, 0.2) is 6.10 Å². The molecule has 0 aliphatic heterocycles. The smallest absolute Gasteiger partial charge is 0.306 e. The van der Waals surface area contributed by atoms with E-state index >= 15 is 0 Å². The summed E-state index contributed by atoms with van der Waals surface area (Å²) in [5.74, 6) is -0.857. The summed E-state index contributed by atoms with van der Waals surface area (Å²) in [4.78, 5) is 38.5. The molecule has 0 radical (unpaired) electrons. The second-order valence-corrected chi connectivity index (χ2v) is 24.1. The Bertz CT molecular complexity index is 1440. The second kappa shape index (κ2) is 69.6. The predicted molar refractivity (Wildman–Crippen MR) is 353 cm³/mol. The van der Waals surface area contributed by atoms with Gasteiger partial charge in [-0.1, -0.05) is 313 Å². The number of allylic oxidation sites excluding steroid dienone is 10. The fourth-order valence-electron chi connectivity index (χ4n) is 10.6. The molecule has 0 aromatic heterocycles. The summed E-state index contributed by atoms with van der Waals surface area (Å²) in [7, 11) is 0. The zero-order chi connectivity index (χ0) is 58.5. The van der Waals surface area contributed by atoms with Gasteiger partial charge in [0, 0.05) is 19.3 Å². The second-order valence-electron chi connectivity index (χ2n) is 24.1. The lowest BCUT2D eigenvalue weighted by Crippen LogP contribution is -2.30. The SMILES string of the molecule is CCCCC/C=C\C/C=C\CCCCCCCCCCCC(=O)OC(COC(=O)CCCCCCCCCCC/C=C\CCCCCCCC)COC(=O)CCCCCCCCCCCCCCC/C=C\C/C=C\CCCCCCC. The van der Waals surface area contributed by atoms with Crippen molar-refractivity contribution in [3.63, 3.8) is 0 Å². The quantitative estimate of drug-likeness (QED) is 0.0261. The van der Waals surface area contributed by atoms with Crippen LogP contribution < -0.4 is 0 Å². The van der Waals surface area contributed by atoms with Crippen molar-refractivity contribution >= 4 is 17.9 Å². The topological polar surface area (TPSA) is 78.9 Å². The summed E-state index contributed by atoms with van der Waals surface area (Å²) in [5, 5.41) is 0.